The molecule has 2 atom stereocenters. The van der Waals surface area contributed by atoms with Crippen LogP contribution in [-0.2, 0) is 9.59 Å². The van der Waals surface area contributed by atoms with Crippen molar-refractivity contribution in [1.29, 1.82) is 0 Å². The van der Waals surface area contributed by atoms with Gasteiger partial charge in [-0.2, -0.15) is 0 Å². The van der Waals surface area contributed by atoms with Crippen LogP contribution in [-0.4, -0.2) is 49.4 Å². The van der Waals surface area contributed by atoms with E-state index in [0.29, 0.717) is 26.1 Å². The first-order chi connectivity index (χ1) is 11.5. The molecule has 2 aliphatic rings. The van der Waals surface area contributed by atoms with Gasteiger partial charge in [-0.05, 0) is 38.4 Å². The summed E-state index contributed by atoms with van der Waals surface area (Å²) in [4.78, 5) is 28.3. The van der Waals surface area contributed by atoms with Crippen LogP contribution in [0.5, 0.6) is 0 Å². The van der Waals surface area contributed by atoms with Crippen molar-refractivity contribution < 1.29 is 18.4 Å². The number of carbonyl (C=O) groups excluding carboxylic acids is 2. The molecule has 1 aromatic rings. The first kappa shape index (κ1) is 16.8. The molecule has 0 spiro atoms. The van der Waals surface area contributed by atoms with Gasteiger partial charge in [-0.1, -0.05) is 0 Å². The number of hydrogen-bond donors (Lipinski definition) is 1. The Morgan fingerprint density at radius 2 is 1.88 bits per heavy atom. The molecule has 0 bridgehead atoms. The maximum atomic E-state index is 13.4. The highest BCUT2D eigenvalue weighted by atomic mass is 19.1. The maximum absolute atomic E-state index is 13.4. The third kappa shape index (κ3) is 3.26. The smallest absolute Gasteiger partial charge is 0.239 e. The van der Waals surface area contributed by atoms with Crippen molar-refractivity contribution in [2.45, 2.75) is 25.3 Å². The van der Waals surface area contributed by atoms with Crippen molar-refractivity contribution >= 4 is 17.5 Å². The Kier molecular flexibility index (Phi) is 4.80. The second-order valence-corrected chi connectivity index (χ2v) is 6.37. The van der Waals surface area contributed by atoms with Crippen LogP contribution in [0.4, 0.5) is 14.5 Å². The van der Waals surface area contributed by atoms with Crippen molar-refractivity contribution in [1.82, 2.24) is 10.2 Å². The van der Waals surface area contributed by atoms with E-state index in [2.05, 4.69) is 5.32 Å². The van der Waals surface area contributed by atoms with E-state index in [1.54, 1.807) is 4.90 Å². The van der Waals surface area contributed by atoms with Gasteiger partial charge in [0.05, 0.1) is 0 Å². The van der Waals surface area contributed by atoms with Gasteiger partial charge in [0.1, 0.15) is 17.6 Å². The molecule has 1 N–H and O–H groups in total. The van der Waals surface area contributed by atoms with Gasteiger partial charge < -0.3 is 15.1 Å². The highest BCUT2D eigenvalue weighted by molar-refractivity contribution is 6.09. The fourth-order valence-corrected chi connectivity index (χ4v) is 3.49. The Hall–Kier alpha value is -2.02. The molecule has 1 aromatic carbocycles. The average molecular weight is 337 g/mol. The predicted molar refractivity (Wildman–Crippen MR) is 85.5 cm³/mol. The molecule has 2 heterocycles. The minimum Gasteiger partial charge on any atom is -0.340 e. The predicted octanol–water partition coefficient (Wildman–Crippen LogP) is 1.53. The van der Waals surface area contributed by atoms with E-state index in [4.69, 9.17) is 0 Å². The zero-order valence-electron chi connectivity index (χ0n) is 13.6. The lowest BCUT2D eigenvalue weighted by molar-refractivity contribution is -0.140. The maximum Gasteiger partial charge on any atom is 0.239 e. The van der Waals surface area contributed by atoms with Crippen LogP contribution >= 0.6 is 0 Å². The largest absolute Gasteiger partial charge is 0.340 e. The summed E-state index contributed by atoms with van der Waals surface area (Å²) in [5.41, 5.74) is 0.166. The molecule has 2 aliphatic heterocycles. The number of likely N-dealkylation sites (tertiary alicyclic amines) is 1. The van der Waals surface area contributed by atoms with Crippen molar-refractivity contribution in [3.8, 4) is 0 Å². The number of benzene rings is 1. The quantitative estimate of drug-likeness (QED) is 0.851. The minimum absolute atomic E-state index is 0.166. The highest BCUT2D eigenvalue weighted by Crippen LogP contribution is 2.28. The molecule has 0 saturated carbocycles. The van der Waals surface area contributed by atoms with Crippen LogP contribution in [0.3, 0.4) is 0 Å². The van der Waals surface area contributed by atoms with Crippen LogP contribution < -0.4 is 10.2 Å². The first-order valence-corrected chi connectivity index (χ1v) is 8.23. The van der Waals surface area contributed by atoms with Gasteiger partial charge in [-0.3, -0.25) is 9.59 Å². The third-order valence-corrected chi connectivity index (χ3v) is 4.80. The number of piperidine rings is 1. The normalized spacial score (nSPS) is 24.5. The Balaban J connectivity index is 1.72. The molecular formula is C17H21F2N3O2. The van der Waals surface area contributed by atoms with Gasteiger partial charge in [-0.15, -0.1) is 0 Å². The number of halogens is 2. The van der Waals surface area contributed by atoms with Gasteiger partial charge >= 0.3 is 0 Å². The van der Waals surface area contributed by atoms with Crippen LogP contribution in [0.2, 0.25) is 0 Å². The summed E-state index contributed by atoms with van der Waals surface area (Å²) in [6.45, 7) is 1.53. The van der Waals surface area contributed by atoms with Gasteiger partial charge in [0, 0.05) is 37.4 Å². The number of hydrogen-bond acceptors (Lipinski definition) is 3. The van der Waals surface area contributed by atoms with Gasteiger partial charge in [0.15, 0.2) is 0 Å². The minimum atomic E-state index is -0.757. The molecule has 5 nitrogen and oxygen atoms in total. The molecule has 24 heavy (non-hydrogen) atoms. The lowest BCUT2D eigenvalue weighted by atomic mass is 10.0. The monoisotopic (exact) mass is 337 g/mol. The standard InChI is InChI=1S/C17H21F2N3O2/c1-20-13-3-2-5-21(10-13)16(23)15-4-6-22(17(15)24)14-8-11(18)7-12(19)9-14/h7-9,13,15,20H,2-6,10H2,1H3/t13-,15-/m1/s1. The summed E-state index contributed by atoms with van der Waals surface area (Å²) in [6, 6.07) is 3.24. The van der Waals surface area contributed by atoms with Crippen LogP contribution in [0, 0.1) is 17.6 Å². The molecule has 0 aromatic heterocycles. The van der Waals surface area contributed by atoms with Crippen molar-refractivity contribution in [2.75, 3.05) is 31.6 Å². The second-order valence-electron chi connectivity index (χ2n) is 6.37. The first-order valence-electron chi connectivity index (χ1n) is 8.23. The van der Waals surface area contributed by atoms with E-state index in [-0.39, 0.29) is 23.5 Å². The number of likely N-dealkylation sites (N-methyl/N-ethyl adjacent to an activating group) is 1. The van der Waals surface area contributed by atoms with Gasteiger partial charge in [0.2, 0.25) is 11.8 Å². The zero-order chi connectivity index (χ0) is 17.3. The average Bonchev–Trinajstić information content (AvgIpc) is 2.95. The zero-order valence-corrected chi connectivity index (χ0v) is 13.6. The Morgan fingerprint density at radius 1 is 1.17 bits per heavy atom. The summed E-state index contributed by atoms with van der Waals surface area (Å²) in [7, 11) is 1.86. The fourth-order valence-electron chi connectivity index (χ4n) is 3.49. The van der Waals surface area contributed by atoms with E-state index in [9.17, 15) is 18.4 Å². The van der Waals surface area contributed by atoms with E-state index >= 15 is 0 Å². The van der Waals surface area contributed by atoms with Crippen LogP contribution in [0.1, 0.15) is 19.3 Å². The SMILES string of the molecule is CN[C@@H]1CCCN(C(=O)[C@H]2CCN(c3cc(F)cc(F)c3)C2=O)C1. The van der Waals surface area contributed by atoms with Crippen molar-refractivity contribution in [3.63, 3.8) is 0 Å². The number of nitrogens with one attached hydrogen (secondary N) is 1. The van der Waals surface area contributed by atoms with Crippen molar-refractivity contribution in [2.24, 2.45) is 5.92 Å². The van der Waals surface area contributed by atoms with E-state index in [0.717, 1.165) is 31.0 Å². The number of nitrogens with zero attached hydrogens (tertiary/aromatic N) is 2. The van der Waals surface area contributed by atoms with Crippen LogP contribution in [0.25, 0.3) is 0 Å². The number of anilines is 1. The Morgan fingerprint density at radius 3 is 2.54 bits per heavy atom. The molecule has 7 heteroatoms. The summed E-state index contributed by atoms with van der Waals surface area (Å²) >= 11 is 0. The summed E-state index contributed by atoms with van der Waals surface area (Å²) in [5, 5.41) is 3.17. The molecule has 2 fully saturated rings. The molecule has 2 amide bonds. The van der Waals surface area contributed by atoms with E-state index in [1.807, 2.05) is 7.05 Å². The molecule has 0 unspecified atom stereocenters. The van der Waals surface area contributed by atoms with E-state index in [1.165, 1.54) is 4.90 Å². The van der Waals surface area contributed by atoms with E-state index < -0.39 is 17.6 Å². The number of amides is 2. The Labute approximate surface area is 139 Å². The number of carbonyl (C=O) groups is 2. The number of rotatable bonds is 3. The highest BCUT2D eigenvalue weighted by Gasteiger charge is 2.40. The fraction of sp³-hybridized carbons (Fsp3) is 0.529. The van der Waals surface area contributed by atoms with Gasteiger partial charge in [0.25, 0.3) is 0 Å². The lowest BCUT2D eigenvalue weighted by Gasteiger charge is -2.33. The second kappa shape index (κ2) is 6.84. The molecular weight excluding hydrogens is 316 g/mol. The Bertz CT molecular complexity index is 632. The topological polar surface area (TPSA) is 52.7 Å². The van der Waals surface area contributed by atoms with Crippen LogP contribution in [0.15, 0.2) is 18.2 Å². The molecule has 0 radical (unpaired) electrons. The molecule has 0 aliphatic carbocycles. The molecule has 2 saturated heterocycles. The summed E-state index contributed by atoms with van der Waals surface area (Å²) in [5.74, 6) is -2.79. The molecule has 130 valence electrons. The molecule has 3 rings (SSSR count). The third-order valence-electron chi connectivity index (χ3n) is 4.80. The van der Waals surface area contributed by atoms with Crippen molar-refractivity contribution in [3.05, 3.63) is 29.8 Å². The summed E-state index contributed by atoms with van der Waals surface area (Å²) < 4.78 is 26.8. The van der Waals surface area contributed by atoms with Gasteiger partial charge in [-0.25, -0.2) is 8.78 Å². The summed E-state index contributed by atoms with van der Waals surface area (Å²) in [6.07, 6.45) is 2.28. The lowest BCUT2D eigenvalue weighted by Crippen LogP contribution is -2.49.